The second-order valence-electron chi connectivity index (χ2n) is 6.80. The normalized spacial score (nSPS) is 27.0. The molecule has 0 radical (unpaired) electrons. The lowest BCUT2D eigenvalue weighted by Crippen LogP contribution is -2.49. The molecule has 1 aromatic rings. The van der Waals surface area contributed by atoms with E-state index in [2.05, 4.69) is 53.5 Å². The van der Waals surface area contributed by atoms with Crippen LogP contribution in [0.4, 0.5) is 5.69 Å². The summed E-state index contributed by atoms with van der Waals surface area (Å²) in [5.41, 5.74) is 2.73. The van der Waals surface area contributed by atoms with Crippen LogP contribution in [0.15, 0.2) is 24.3 Å². The van der Waals surface area contributed by atoms with Crippen molar-refractivity contribution in [3.05, 3.63) is 29.8 Å². The molecule has 3 rings (SSSR count). The Hall–Kier alpha value is -1.06. The van der Waals surface area contributed by atoms with E-state index < -0.39 is 0 Å². The van der Waals surface area contributed by atoms with Gasteiger partial charge in [-0.1, -0.05) is 18.6 Å². The Labute approximate surface area is 129 Å². The van der Waals surface area contributed by atoms with E-state index in [1.807, 2.05) is 0 Å². The molecule has 2 fully saturated rings. The van der Waals surface area contributed by atoms with E-state index in [9.17, 15) is 0 Å². The number of hydrogen-bond donors (Lipinski definition) is 1. The van der Waals surface area contributed by atoms with Crippen molar-refractivity contribution < 1.29 is 0 Å². The van der Waals surface area contributed by atoms with Crippen molar-refractivity contribution in [2.45, 2.75) is 50.7 Å². The zero-order valence-corrected chi connectivity index (χ0v) is 13.5. The molecule has 0 bridgehead atoms. The van der Waals surface area contributed by atoms with Gasteiger partial charge in [-0.15, -0.1) is 0 Å². The zero-order chi connectivity index (χ0) is 14.7. The SMILES string of the molecule is CN(C)c1ccc(CN2CCCCC2C2CCCN2)cc1. The molecule has 2 heterocycles. The predicted octanol–water partition coefficient (Wildman–Crippen LogP) is 2.86. The van der Waals surface area contributed by atoms with E-state index in [1.54, 1.807) is 0 Å². The van der Waals surface area contributed by atoms with Gasteiger partial charge in [0, 0.05) is 38.4 Å². The lowest BCUT2D eigenvalue weighted by Gasteiger charge is -2.39. The fraction of sp³-hybridized carbons (Fsp3) is 0.667. The molecule has 0 aromatic heterocycles. The maximum absolute atomic E-state index is 3.72. The third-order valence-corrected chi connectivity index (χ3v) is 5.07. The van der Waals surface area contributed by atoms with Crippen molar-refractivity contribution in [1.82, 2.24) is 10.2 Å². The van der Waals surface area contributed by atoms with E-state index in [-0.39, 0.29) is 0 Å². The van der Waals surface area contributed by atoms with Gasteiger partial charge in [0.05, 0.1) is 0 Å². The molecule has 0 saturated carbocycles. The van der Waals surface area contributed by atoms with Crippen LogP contribution in [-0.4, -0.2) is 44.2 Å². The Balaban J connectivity index is 1.66. The van der Waals surface area contributed by atoms with Crippen LogP contribution in [0.3, 0.4) is 0 Å². The average molecular weight is 287 g/mol. The Kier molecular flexibility index (Phi) is 4.81. The highest BCUT2D eigenvalue weighted by atomic mass is 15.2. The maximum Gasteiger partial charge on any atom is 0.0361 e. The van der Waals surface area contributed by atoms with Crippen molar-refractivity contribution in [2.75, 3.05) is 32.1 Å². The maximum atomic E-state index is 3.72. The van der Waals surface area contributed by atoms with Crippen molar-refractivity contribution in [2.24, 2.45) is 0 Å². The van der Waals surface area contributed by atoms with Gasteiger partial charge in [-0.2, -0.15) is 0 Å². The monoisotopic (exact) mass is 287 g/mol. The molecular formula is C18H29N3. The second kappa shape index (κ2) is 6.80. The number of nitrogens with one attached hydrogen (secondary N) is 1. The molecule has 2 aliphatic heterocycles. The van der Waals surface area contributed by atoms with E-state index >= 15 is 0 Å². The molecule has 2 unspecified atom stereocenters. The van der Waals surface area contributed by atoms with Crippen LogP contribution in [0.5, 0.6) is 0 Å². The number of anilines is 1. The molecule has 0 aliphatic carbocycles. The van der Waals surface area contributed by atoms with Crippen molar-refractivity contribution in [3.63, 3.8) is 0 Å². The molecule has 21 heavy (non-hydrogen) atoms. The summed E-state index contributed by atoms with van der Waals surface area (Å²) in [5, 5.41) is 3.72. The second-order valence-corrected chi connectivity index (χ2v) is 6.80. The number of benzene rings is 1. The summed E-state index contributed by atoms with van der Waals surface area (Å²) in [6, 6.07) is 10.5. The molecule has 2 saturated heterocycles. The van der Waals surface area contributed by atoms with Gasteiger partial charge in [-0.25, -0.2) is 0 Å². The van der Waals surface area contributed by atoms with Crippen LogP contribution in [-0.2, 0) is 6.54 Å². The summed E-state index contributed by atoms with van der Waals surface area (Å²) in [7, 11) is 4.20. The first-order chi connectivity index (χ1) is 10.2. The minimum absolute atomic E-state index is 0.728. The summed E-state index contributed by atoms with van der Waals surface area (Å²) >= 11 is 0. The van der Waals surface area contributed by atoms with Gasteiger partial charge in [-0.05, 0) is 56.5 Å². The summed E-state index contributed by atoms with van der Waals surface area (Å²) in [6.07, 6.45) is 6.85. The van der Waals surface area contributed by atoms with E-state index in [0.717, 1.165) is 18.6 Å². The van der Waals surface area contributed by atoms with Gasteiger partial charge in [-0.3, -0.25) is 4.90 Å². The van der Waals surface area contributed by atoms with Crippen molar-refractivity contribution >= 4 is 5.69 Å². The molecule has 2 atom stereocenters. The molecule has 2 aliphatic rings. The fourth-order valence-electron chi connectivity index (χ4n) is 3.84. The first kappa shape index (κ1) is 14.9. The van der Waals surface area contributed by atoms with Crippen LogP contribution in [0.1, 0.15) is 37.7 Å². The predicted molar refractivity (Wildman–Crippen MR) is 89.8 cm³/mol. The van der Waals surface area contributed by atoms with E-state index in [0.29, 0.717) is 0 Å². The topological polar surface area (TPSA) is 18.5 Å². The molecule has 0 amide bonds. The third-order valence-electron chi connectivity index (χ3n) is 5.07. The highest BCUT2D eigenvalue weighted by Gasteiger charge is 2.31. The zero-order valence-electron chi connectivity index (χ0n) is 13.5. The number of rotatable bonds is 4. The summed E-state index contributed by atoms with van der Waals surface area (Å²) in [4.78, 5) is 4.88. The lowest BCUT2D eigenvalue weighted by molar-refractivity contribution is 0.112. The van der Waals surface area contributed by atoms with Gasteiger partial charge in [0.25, 0.3) is 0 Å². The average Bonchev–Trinajstić information content (AvgIpc) is 3.02. The van der Waals surface area contributed by atoms with Crippen molar-refractivity contribution in [1.29, 1.82) is 0 Å². The first-order valence-corrected chi connectivity index (χ1v) is 8.48. The highest BCUT2D eigenvalue weighted by molar-refractivity contribution is 5.45. The third kappa shape index (κ3) is 3.58. The van der Waals surface area contributed by atoms with Gasteiger partial charge in [0.2, 0.25) is 0 Å². The molecule has 3 heteroatoms. The van der Waals surface area contributed by atoms with Gasteiger partial charge in [0.1, 0.15) is 0 Å². The highest BCUT2D eigenvalue weighted by Crippen LogP contribution is 2.26. The van der Waals surface area contributed by atoms with Crippen LogP contribution < -0.4 is 10.2 Å². The largest absolute Gasteiger partial charge is 0.378 e. The Morgan fingerprint density at radius 2 is 1.90 bits per heavy atom. The Morgan fingerprint density at radius 1 is 1.10 bits per heavy atom. The lowest BCUT2D eigenvalue weighted by atomic mass is 9.94. The van der Waals surface area contributed by atoms with Crippen LogP contribution in [0.25, 0.3) is 0 Å². The molecular weight excluding hydrogens is 258 g/mol. The molecule has 3 nitrogen and oxygen atoms in total. The number of likely N-dealkylation sites (tertiary alicyclic amines) is 1. The quantitative estimate of drug-likeness (QED) is 0.918. The summed E-state index contributed by atoms with van der Waals surface area (Å²) in [6.45, 7) is 3.58. The number of nitrogens with zero attached hydrogens (tertiary/aromatic N) is 2. The first-order valence-electron chi connectivity index (χ1n) is 8.48. The fourth-order valence-corrected chi connectivity index (χ4v) is 3.84. The van der Waals surface area contributed by atoms with Gasteiger partial charge in [0.15, 0.2) is 0 Å². The van der Waals surface area contributed by atoms with Crippen LogP contribution in [0, 0.1) is 0 Å². The number of piperidine rings is 1. The van der Waals surface area contributed by atoms with Crippen LogP contribution >= 0.6 is 0 Å². The molecule has 0 spiro atoms. The standard InChI is InChI=1S/C18H29N3/c1-20(2)16-10-8-15(9-11-16)14-21-13-4-3-7-18(21)17-6-5-12-19-17/h8-11,17-19H,3-7,12-14H2,1-2H3. The number of hydrogen-bond acceptors (Lipinski definition) is 3. The van der Waals surface area contributed by atoms with E-state index in [4.69, 9.17) is 0 Å². The minimum atomic E-state index is 0.728. The smallest absolute Gasteiger partial charge is 0.0361 e. The van der Waals surface area contributed by atoms with Gasteiger partial charge < -0.3 is 10.2 Å². The van der Waals surface area contributed by atoms with Crippen molar-refractivity contribution in [3.8, 4) is 0 Å². The minimum Gasteiger partial charge on any atom is -0.378 e. The summed E-state index contributed by atoms with van der Waals surface area (Å²) in [5.74, 6) is 0. The Bertz CT molecular complexity index is 434. The molecule has 116 valence electrons. The van der Waals surface area contributed by atoms with E-state index in [1.165, 1.54) is 56.4 Å². The summed E-state index contributed by atoms with van der Waals surface area (Å²) < 4.78 is 0. The van der Waals surface area contributed by atoms with Crippen LogP contribution in [0.2, 0.25) is 0 Å². The molecule has 1 aromatic carbocycles. The molecule has 1 N–H and O–H groups in total. The Morgan fingerprint density at radius 3 is 2.57 bits per heavy atom. The van der Waals surface area contributed by atoms with Gasteiger partial charge >= 0.3 is 0 Å².